The highest BCUT2D eigenvalue weighted by Gasteiger charge is 2.12. The first-order valence-corrected chi connectivity index (χ1v) is 10.6. The van der Waals surface area contributed by atoms with Crippen molar-refractivity contribution in [2.24, 2.45) is 0 Å². The average Bonchev–Trinajstić information content (AvgIpc) is 2.78. The largest absolute Gasteiger partial charge is 0.304 e. The van der Waals surface area contributed by atoms with E-state index in [9.17, 15) is 4.79 Å². The van der Waals surface area contributed by atoms with Gasteiger partial charge in [0.1, 0.15) is 5.65 Å². The number of hydrogen-bond donors (Lipinski definition) is 1. The van der Waals surface area contributed by atoms with Crippen molar-refractivity contribution in [2.75, 3.05) is 0 Å². The Morgan fingerprint density at radius 3 is 2.47 bits per heavy atom. The van der Waals surface area contributed by atoms with Gasteiger partial charge in [-0.25, -0.2) is 4.98 Å². The fourth-order valence-corrected chi connectivity index (χ4v) is 3.83. The maximum atomic E-state index is 12.4. The number of nitrogens with one attached hydrogen (secondary N) is 1. The molecule has 4 aromatic rings. The van der Waals surface area contributed by atoms with Gasteiger partial charge >= 0.3 is 0 Å². The van der Waals surface area contributed by atoms with Crippen LogP contribution in [0.1, 0.15) is 35.7 Å². The van der Waals surface area contributed by atoms with Gasteiger partial charge < -0.3 is 5.32 Å². The lowest BCUT2D eigenvalue weighted by Gasteiger charge is -2.19. The van der Waals surface area contributed by atoms with Gasteiger partial charge in [-0.2, -0.15) is 0 Å². The monoisotopic (exact) mass is 417 g/mol. The number of hydrogen-bond acceptors (Lipinski definition) is 3. The molecule has 30 heavy (non-hydrogen) atoms. The van der Waals surface area contributed by atoms with Gasteiger partial charge in [-0.1, -0.05) is 72.3 Å². The first-order valence-electron chi connectivity index (χ1n) is 10.2. The lowest BCUT2D eigenvalue weighted by Crippen LogP contribution is -2.24. The van der Waals surface area contributed by atoms with Gasteiger partial charge in [0.15, 0.2) is 0 Å². The second-order valence-corrected chi connectivity index (χ2v) is 7.82. The second kappa shape index (κ2) is 9.70. The number of halogens is 1. The number of benzene rings is 2. The van der Waals surface area contributed by atoms with Crippen LogP contribution in [0.25, 0.3) is 5.65 Å². The molecule has 0 aliphatic heterocycles. The molecule has 0 radical (unpaired) electrons. The fourth-order valence-electron chi connectivity index (χ4n) is 3.67. The van der Waals surface area contributed by atoms with E-state index >= 15 is 0 Å². The molecule has 0 bridgehead atoms. The fraction of sp³-hybridized carbons (Fsp3) is 0.200. The predicted octanol–water partition coefficient (Wildman–Crippen LogP) is 5.20. The zero-order valence-electron chi connectivity index (χ0n) is 16.7. The topological polar surface area (TPSA) is 46.4 Å². The summed E-state index contributed by atoms with van der Waals surface area (Å²) in [5.74, 6) is 0. The van der Waals surface area contributed by atoms with Gasteiger partial charge in [-0.15, -0.1) is 0 Å². The van der Waals surface area contributed by atoms with E-state index in [1.165, 1.54) is 15.5 Å². The molecule has 4 nitrogen and oxygen atoms in total. The molecule has 1 atom stereocenters. The zero-order chi connectivity index (χ0) is 20.8. The summed E-state index contributed by atoms with van der Waals surface area (Å²) in [5.41, 5.74) is 3.80. The molecule has 2 aromatic carbocycles. The van der Waals surface area contributed by atoms with Crippen LogP contribution in [-0.2, 0) is 13.0 Å². The summed E-state index contributed by atoms with van der Waals surface area (Å²) < 4.78 is 1.47. The molecule has 0 fully saturated rings. The van der Waals surface area contributed by atoms with Crippen LogP contribution in [0.2, 0.25) is 5.02 Å². The number of pyridine rings is 1. The van der Waals surface area contributed by atoms with E-state index in [0.29, 0.717) is 17.2 Å². The molecule has 2 aromatic heterocycles. The summed E-state index contributed by atoms with van der Waals surface area (Å²) in [5, 5.41) is 4.12. The molecule has 0 aliphatic carbocycles. The van der Waals surface area contributed by atoms with Crippen LogP contribution in [0.4, 0.5) is 0 Å². The van der Waals surface area contributed by atoms with Crippen molar-refractivity contribution in [1.29, 1.82) is 0 Å². The SMILES string of the molecule is O=c1cc(CNC(CCCc2ccccc2)c2ccccc2)nc2ccc(Cl)cn12. The van der Waals surface area contributed by atoms with Gasteiger partial charge in [0.2, 0.25) is 0 Å². The molecule has 0 amide bonds. The number of aromatic nitrogens is 2. The number of rotatable bonds is 8. The van der Waals surface area contributed by atoms with E-state index in [4.69, 9.17) is 11.6 Å². The summed E-state index contributed by atoms with van der Waals surface area (Å²) in [4.78, 5) is 17.0. The Morgan fingerprint density at radius 2 is 1.70 bits per heavy atom. The maximum Gasteiger partial charge on any atom is 0.258 e. The Morgan fingerprint density at radius 1 is 0.967 bits per heavy atom. The van der Waals surface area contributed by atoms with Crippen LogP contribution in [0.15, 0.2) is 89.9 Å². The molecule has 152 valence electrons. The highest BCUT2D eigenvalue weighted by Crippen LogP contribution is 2.20. The molecule has 4 rings (SSSR count). The van der Waals surface area contributed by atoms with Gasteiger partial charge in [0.25, 0.3) is 5.56 Å². The van der Waals surface area contributed by atoms with Crippen molar-refractivity contribution in [3.05, 3.63) is 117 Å². The first kappa shape index (κ1) is 20.3. The van der Waals surface area contributed by atoms with Gasteiger partial charge in [0, 0.05) is 24.8 Å². The Hall–Kier alpha value is -2.95. The van der Waals surface area contributed by atoms with E-state index in [1.807, 2.05) is 12.1 Å². The van der Waals surface area contributed by atoms with Crippen LogP contribution in [0.5, 0.6) is 0 Å². The Bertz CT molecular complexity index is 1160. The van der Waals surface area contributed by atoms with Crippen LogP contribution >= 0.6 is 11.6 Å². The summed E-state index contributed by atoms with van der Waals surface area (Å²) >= 11 is 5.99. The minimum atomic E-state index is -0.125. The second-order valence-electron chi connectivity index (χ2n) is 7.38. The molecular weight excluding hydrogens is 394 g/mol. The number of nitrogens with zero attached hydrogens (tertiary/aromatic N) is 2. The minimum Gasteiger partial charge on any atom is -0.304 e. The Labute approximate surface area is 181 Å². The van der Waals surface area contributed by atoms with Gasteiger partial charge in [-0.05, 0) is 42.5 Å². The van der Waals surface area contributed by atoms with E-state index in [1.54, 1.807) is 24.4 Å². The Kier molecular flexibility index (Phi) is 6.57. The summed E-state index contributed by atoms with van der Waals surface area (Å²) in [6, 6.07) is 26.3. The smallest absolute Gasteiger partial charge is 0.258 e. The molecule has 0 aliphatic rings. The molecule has 0 saturated carbocycles. The van der Waals surface area contributed by atoms with Crippen LogP contribution in [0, 0.1) is 0 Å². The lowest BCUT2D eigenvalue weighted by molar-refractivity contribution is 0.480. The third-order valence-electron chi connectivity index (χ3n) is 5.21. The van der Waals surface area contributed by atoms with Crippen LogP contribution in [0.3, 0.4) is 0 Å². The quantitative estimate of drug-likeness (QED) is 0.428. The van der Waals surface area contributed by atoms with E-state index in [2.05, 4.69) is 58.8 Å². The average molecular weight is 418 g/mol. The van der Waals surface area contributed by atoms with Gasteiger partial charge in [0.05, 0.1) is 10.7 Å². The number of aryl methyl sites for hydroxylation is 1. The van der Waals surface area contributed by atoms with Crippen molar-refractivity contribution in [3.63, 3.8) is 0 Å². The van der Waals surface area contributed by atoms with Crippen molar-refractivity contribution < 1.29 is 0 Å². The summed E-state index contributed by atoms with van der Waals surface area (Å²) in [6.45, 7) is 0.527. The molecule has 5 heteroatoms. The molecule has 2 heterocycles. The molecule has 0 saturated heterocycles. The highest BCUT2D eigenvalue weighted by molar-refractivity contribution is 6.30. The third kappa shape index (κ3) is 5.15. The van der Waals surface area contributed by atoms with E-state index in [0.717, 1.165) is 25.0 Å². The first-order chi connectivity index (χ1) is 14.7. The normalized spacial score (nSPS) is 12.2. The Balaban J connectivity index is 1.47. The highest BCUT2D eigenvalue weighted by atomic mass is 35.5. The maximum absolute atomic E-state index is 12.4. The van der Waals surface area contributed by atoms with Crippen LogP contribution < -0.4 is 10.9 Å². The summed E-state index contributed by atoms with van der Waals surface area (Å²) in [6.07, 6.45) is 4.71. The molecule has 0 spiro atoms. The predicted molar refractivity (Wildman–Crippen MR) is 122 cm³/mol. The molecule has 1 unspecified atom stereocenters. The third-order valence-corrected chi connectivity index (χ3v) is 5.43. The van der Waals surface area contributed by atoms with Crippen molar-refractivity contribution in [2.45, 2.75) is 31.8 Å². The minimum absolute atomic E-state index is 0.125. The van der Waals surface area contributed by atoms with E-state index < -0.39 is 0 Å². The lowest BCUT2D eigenvalue weighted by atomic mass is 9.99. The van der Waals surface area contributed by atoms with E-state index in [-0.39, 0.29) is 11.6 Å². The van der Waals surface area contributed by atoms with Crippen molar-refractivity contribution >= 4 is 17.2 Å². The van der Waals surface area contributed by atoms with Crippen LogP contribution in [-0.4, -0.2) is 9.38 Å². The van der Waals surface area contributed by atoms with Crippen molar-refractivity contribution in [3.8, 4) is 0 Å². The summed E-state index contributed by atoms with van der Waals surface area (Å²) in [7, 11) is 0. The van der Waals surface area contributed by atoms with Crippen molar-refractivity contribution in [1.82, 2.24) is 14.7 Å². The zero-order valence-corrected chi connectivity index (χ0v) is 17.4. The molecular formula is C25H24ClN3O. The standard InChI is InChI=1S/C25H24ClN3O/c26-21-14-15-24-28-22(16-25(30)29(24)18-21)17-27-23(20-11-5-2-6-12-20)13-7-10-19-8-3-1-4-9-19/h1-6,8-9,11-12,14-16,18,23,27H,7,10,13,17H2. The van der Waals surface area contributed by atoms with Gasteiger partial charge in [-0.3, -0.25) is 9.20 Å². The number of fused-ring (bicyclic) bond motifs is 1. The molecule has 1 N–H and O–H groups in total.